The molecule has 0 radical (unpaired) electrons. The minimum absolute atomic E-state index is 0.986. The molecule has 0 aliphatic heterocycles. The van der Waals surface area contributed by atoms with E-state index in [-0.39, 0.29) is 0 Å². The van der Waals surface area contributed by atoms with Gasteiger partial charge in [0.15, 0.2) is 0 Å². The summed E-state index contributed by atoms with van der Waals surface area (Å²) in [5.74, 6) is 7.35. The van der Waals surface area contributed by atoms with Crippen LogP contribution in [-0.4, -0.2) is 13.3 Å². The van der Waals surface area contributed by atoms with Crippen molar-refractivity contribution in [3.63, 3.8) is 0 Å². The summed E-state index contributed by atoms with van der Waals surface area (Å²) in [4.78, 5) is 0. The van der Waals surface area contributed by atoms with E-state index in [0.29, 0.717) is 0 Å². The maximum atomic E-state index is 2.45. The Morgan fingerprint density at radius 2 is 1.14 bits per heavy atom. The standard InChI is InChI=1S/C6H16Ge/c1-6(2)7(3,4)5/h6H,1-5H3. The molecule has 0 heterocycles. The topological polar surface area (TPSA) is 0 Å². The SMILES string of the molecule is C[CH](C)[Ge]([CH3])([CH3])[CH3]. The second-order valence-corrected chi connectivity index (χ2v) is 15.9. The molecule has 0 amide bonds. The quantitative estimate of drug-likeness (QED) is 0.518. The number of rotatable bonds is 1. The van der Waals surface area contributed by atoms with Gasteiger partial charge >= 0.3 is 49.1 Å². The van der Waals surface area contributed by atoms with Crippen LogP contribution in [-0.2, 0) is 0 Å². The van der Waals surface area contributed by atoms with Gasteiger partial charge in [0.05, 0.1) is 0 Å². The molecular weight excluding hydrogens is 145 g/mol. The summed E-state index contributed by atoms with van der Waals surface area (Å²) in [6, 6.07) is 0. The van der Waals surface area contributed by atoms with E-state index in [1.807, 2.05) is 0 Å². The van der Waals surface area contributed by atoms with Crippen LogP contribution in [0.25, 0.3) is 0 Å². The van der Waals surface area contributed by atoms with E-state index in [4.69, 9.17) is 0 Å². The molecule has 0 nitrogen and oxygen atoms in total. The van der Waals surface area contributed by atoms with Gasteiger partial charge in [-0.2, -0.15) is 0 Å². The molecule has 0 unspecified atom stereocenters. The molecule has 0 saturated heterocycles. The van der Waals surface area contributed by atoms with Crippen LogP contribution in [0.15, 0.2) is 0 Å². The fourth-order valence-electron chi connectivity index (χ4n) is 0. The van der Waals surface area contributed by atoms with Crippen LogP contribution in [0.2, 0.25) is 22.0 Å². The zero-order chi connectivity index (χ0) is 6.08. The van der Waals surface area contributed by atoms with E-state index in [9.17, 15) is 0 Å². The van der Waals surface area contributed by atoms with Gasteiger partial charge < -0.3 is 0 Å². The Labute approximate surface area is 49.7 Å². The van der Waals surface area contributed by atoms with E-state index >= 15 is 0 Å². The Bertz CT molecular complexity index is 49.7. The molecule has 0 spiro atoms. The van der Waals surface area contributed by atoms with Crippen molar-refractivity contribution in [1.82, 2.24) is 0 Å². The van der Waals surface area contributed by atoms with E-state index in [2.05, 4.69) is 31.1 Å². The Hall–Kier alpha value is 0.543. The van der Waals surface area contributed by atoms with Crippen molar-refractivity contribution in [3.05, 3.63) is 0 Å². The van der Waals surface area contributed by atoms with Gasteiger partial charge in [-0.05, 0) is 0 Å². The van der Waals surface area contributed by atoms with Gasteiger partial charge in [-0.25, -0.2) is 0 Å². The van der Waals surface area contributed by atoms with E-state index in [1.54, 1.807) is 0 Å². The Morgan fingerprint density at radius 1 is 1.00 bits per heavy atom. The molecule has 0 aromatic carbocycles. The van der Waals surface area contributed by atoms with Crippen molar-refractivity contribution < 1.29 is 0 Å². The summed E-state index contributed by atoms with van der Waals surface area (Å²) >= 11 is -1.17. The molecule has 7 heavy (non-hydrogen) atoms. The molecule has 0 aromatic rings. The summed E-state index contributed by atoms with van der Waals surface area (Å²) < 4.78 is 0.986. The van der Waals surface area contributed by atoms with E-state index < -0.39 is 13.3 Å². The third-order valence-corrected chi connectivity index (χ3v) is 9.00. The molecule has 44 valence electrons. The van der Waals surface area contributed by atoms with Crippen molar-refractivity contribution >= 4 is 13.3 Å². The van der Waals surface area contributed by atoms with E-state index in [0.717, 1.165) is 4.75 Å². The molecule has 0 aromatic heterocycles. The predicted octanol–water partition coefficient (Wildman–Crippen LogP) is 2.73. The zero-order valence-electron chi connectivity index (χ0n) is 6.08. The maximum absolute atomic E-state index is 2.45. The number of hydrogen-bond donors (Lipinski definition) is 0. The van der Waals surface area contributed by atoms with Crippen LogP contribution in [0.5, 0.6) is 0 Å². The fourth-order valence-corrected chi connectivity index (χ4v) is 0. The normalized spacial score (nSPS) is 12.9. The molecule has 0 aliphatic carbocycles. The summed E-state index contributed by atoms with van der Waals surface area (Å²) in [6.07, 6.45) is 0. The average molecular weight is 161 g/mol. The van der Waals surface area contributed by atoms with E-state index in [1.165, 1.54) is 0 Å². The third kappa shape index (κ3) is 3.15. The van der Waals surface area contributed by atoms with Gasteiger partial charge in [0.25, 0.3) is 0 Å². The summed E-state index contributed by atoms with van der Waals surface area (Å²) in [5, 5.41) is 0. The van der Waals surface area contributed by atoms with Crippen molar-refractivity contribution in [3.8, 4) is 0 Å². The first-order valence-electron chi connectivity index (χ1n) is 2.94. The minimum atomic E-state index is -1.17. The van der Waals surface area contributed by atoms with Gasteiger partial charge in [0.2, 0.25) is 0 Å². The molecule has 1 heteroatoms. The first kappa shape index (κ1) is 7.54. The molecule has 0 saturated carbocycles. The van der Waals surface area contributed by atoms with Crippen LogP contribution in [0.4, 0.5) is 0 Å². The summed E-state index contributed by atoms with van der Waals surface area (Å²) in [6.45, 7) is 4.67. The molecule has 0 rings (SSSR count). The fraction of sp³-hybridized carbons (Fsp3) is 1.00. The predicted molar refractivity (Wildman–Crippen MR) is 38.4 cm³/mol. The van der Waals surface area contributed by atoms with Gasteiger partial charge in [-0.15, -0.1) is 0 Å². The van der Waals surface area contributed by atoms with Gasteiger partial charge in [0, 0.05) is 0 Å². The summed E-state index contributed by atoms with van der Waals surface area (Å²) in [5.41, 5.74) is 0. The second-order valence-electron chi connectivity index (χ2n) is 3.52. The van der Waals surface area contributed by atoms with Gasteiger partial charge in [0.1, 0.15) is 0 Å². The third-order valence-electron chi connectivity index (χ3n) is 1.73. The molecule has 0 atom stereocenters. The molecular formula is C6H16Ge. The van der Waals surface area contributed by atoms with Crippen LogP contribution < -0.4 is 0 Å². The number of hydrogen-bond acceptors (Lipinski definition) is 0. The van der Waals surface area contributed by atoms with Crippen LogP contribution in [0.1, 0.15) is 13.8 Å². The van der Waals surface area contributed by atoms with Gasteiger partial charge in [-0.3, -0.25) is 0 Å². The molecule has 0 fully saturated rings. The van der Waals surface area contributed by atoms with Crippen LogP contribution in [0.3, 0.4) is 0 Å². The van der Waals surface area contributed by atoms with Crippen LogP contribution >= 0.6 is 0 Å². The first-order chi connectivity index (χ1) is 2.94. The van der Waals surface area contributed by atoms with Crippen molar-refractivity contribution in [2.75, 3.05) is 0 Å². The van der Waals surface area contributed by atoms with Crippen molar-refractivity contribution in [2.24, 2.45) is 0 Å². The molecule has 0 bridgehead atoms. The average Bonchev–Trinajstić information content (AvgIpc) is 1.31. The Morgan fingerprint density at radius 3 is 1.14 bits per heavy atom. The molecule has 0 aliphatic rings. The van der Waals surface area contributed by atoms with Crippen molar-refractivity contribution in [2.45, 2.75) is 35.9 Å². The Kier molecular flexibility index (Phi) is 2.38. The van der Waals surface area contributed by atoms with Crippen LogP contribution in [0, 0.1) is 0 Å². The van der Waals surface area contributed by atoms with Crippen molar-refractivity contribution in [1.29, 1.82) is 0 Å². The monoisotopic (exact) mass is 162 g/mol. The zero-order valence-corrected chi connectivity index (χ0v) is 8.18. The second kappa shape index (κ2) is 2.21. The summed E-state index contributed by atoms with van der Waals surface area (Å²) in [7, 11) is 0. The van der Waals surface area contributed by atoms with Gasteiger partial charge in [-0.1, -0.05) is 0 Å². The molecule has 0 N–H and O–H groups in total. The Balaban J connectivity index is 3.54. The first-order valence-corrected chi connectivity index (χ1v) is 10.4.